The van der Waals surface area contributed by atoms with E-state index < -0.39 is 0 Å². The van der Waals surface area contributed by atoms with Gasteiger partial charge in [-0.15, -0.1) is 0 Å². The van der Waals surface area contributed by atoms with Crippen molar-refractivity contribution in [3.05, 3.63) is 53.2 Å². The van der Waals surface area contributed by atoms with Crippen LogP contribution in [0.25, 0.3) is 10.8 Å². The van der Waals surface area contributed by atoms with Crippen molar-refractivity contribution in [2.75, 3.05) is 7.05 Å². The Balaban J connectivity index is 2.57. The normalized spacial score (nSPS) is 11.9. The highest BCUT2D eigenvalue weighted by Gasteiger charge is 1.95. The summed E-state index contributed by atoms with van der Waals surface area (Å²) in [5, 5.41) is 13.2. The molecule has 0 fully saturated rings. The first-order valence-electron chi connectivity index (χ1n) is 4.49. The van der Waals surface area contributed by atoms with Gasteiger partial charge in [0.25, 0.3) is 0 Å². The summed E-state index contributed by atoms with van der Waals surface area (Å²) in [6, 6.07) is 14.1. The molecule has 0 amide bonds. The first-order valence-corrected chi connectivity index (χ1v) is 4.49. The Labute approximate surface area is 82.7 Å². The number of hydrogen-bond donors (Lipinski definition) is 0. The maximum absolute atomic E-state index is 10.8. The van der Waals surface area contributed by atoms with Gasteiger partial charge in [-0.05, 0) is 22.9 Å². The predicted octanol–water partition coefficient (Wildman–Crippen LogP) is 2.40. The number of nitrogens with zero attached hydrogens (tertiary/aromatic N) is 1. The van der Waals surface area contributed by atoms with Crippen LogP contribution < -0.4 is 0 Å². The summed E-state index contributed by atoms with van der Waals surface area (Å²) in [5.74, 6) is 0. The third kappa shape index (κ3) is 1.74. The summed E-state index contributed by atoms with van der Waals surface area (Å²) in [7, 11) is 1.48. The summed E-state index contributed by atoms with van der Waals surface area (Å²) in [5.41, 5.74) is 0.932. The minimum atomic E-state index is 0.810. The summed E-state index contributed by atoms with van der Waals surface area (Å²) >= 11 is 0. The van der Waals surface area contributed by atoms with E-state index in [9.17, 15) is 5.21 Å². The van der Waals surface area contributed by atoms with E-state index in [-0.39, 0.29) is 0 Å². The summed E-state index contributed by atoms with van der Waals surface area (Å²) < 4.78 is 0.810. The molecule has 70 valence electrons. The predicted molar refractivity (Wildman–Crippen MR) is 58.7 cm³/mol. The zero-order valence-electron chi connectivity index (χ0n) is 7.97. The molecule has 0 bridgehead atoms. The van der Waals surface area contributed by atoms with Crippen LogP contribution in [0.1, 0.15) is 5.56 Å². The lowest BCUT2D eigenvalue weighted by Gasteiger charge is -1.99. The van der Waals surface area contributed by atoms with E-state index in [1.54, 1.807) is 6.21 Å². The molecule has 0 aromatic heterocycles. The summed E-state index contributed by atoms with van der Waals surface area (Å²) in [6.07, 6.45) is 1.56. The van der Waals surface area contributed by atoms with Gasteiger partial charge in [-0.1, -0.05) is 30.3 Å². The average molecular weight is 185 g/mol. The third-order valence-electron chi connectivity index (χ3n) is 2.10. The van der Waals surface area contributed by atoms with Crippen LogP contribution >= 0.6 is 0 Å². The second-order valence-electron chi connectivity index (χ2n) is 3.28. The molecule has 0 unspecified atom stereocenters. The van der Waals surface area contributed by atoms with E-state index >= 15 is 0 Å². The molecule has 0 aliphatic rings. The highest BCUT2D eigenvalue weighted by Crippen LogP contribution is 2.14. The van der Waals surface area contributed by atoms with Gasteiger partial charge in [0.1, 0.15) is 7.05 Å². The first kappa shape index (κ1) is 8.75. The molecule has 0 spiro atoms. The molecule has 0 atom stereocenters. The molecule has 0 heterocycles. The summed E-state index contributed by atoms with van der Waals surface area (Å²) in [4.78, 5) is 0. The molecule has 0 aliphatic carbocycles. The van der Waals surface area contributed by atoms with Crippen LogP contribution in [0.5, 0.6) is 0 Å². The van der Waals surface area contributed by atoms with E-state index in [0.717, 1.165) is 15.7 Å². The second kappa shape index (κ2) is 3.50. The molecule has 0 N–H and O–H groups in total. The van der Waals surface area contributed by atoms with Gasteiger partial charge in [-0.2, -0.15) is 0 Å². The Kier molecular flexibility index (Phi) is 2.19. The van der Waals surface area contributed by atoms with Gasteiger partial charge in [-0.3, -0.25) is 0 Å². The zero-order chi connectivity index (χ0) is 9.97. The number of hydroxylamine groups is 1. The van der Waals surface area contributed by atoms with Crippen LogP contribution in [-0.4, -0.2) is 18.0 Å². The molecule has 2 heteroatoms. The van der Waals surface area contributed by atoms with Crippen molar-refractivity contribution < 1.29 is 4.74 Å². The Morgan fingerprint density at radius 1 is 1.07 bits per heavy atom. The van der Waals surface area contributed by atoms with Gasteiger partial charge in [0.05, 0.1) is 0 Å². The zero-order valence-corrected chi connectivity index (χ0v) is 7.97. The molecular weight excluding hydrogens is 174 g/mol. The Morgan fingerprint density at radius 3 is 2.50 bits per heavy atom. The fourth-order valence-electron chi connectivity index (χ4n) is 1.50. The first-order chi connectivity index (χ1) is 6.75. The SMILES string of the molecule is C/[N+]([O-])=C/c1ccc2ccccc2c1. The molecule has 14 heavy (non-hydrogen) atoms. The molecule has 0 saturated carbocycles. The Hall–Kier alpha value is -1.83. The van der Waals surface area contributed by atoms with Gasteiger partial charge in [0.2, 0.25) is 0 Å². The molecular formula is C12H11NO. The monoisotopic (exact) mass is 185 g/mol. The molecule has 2 nitrogen and oxygen atoms in total. The van der Waals surface area contributed by atoms with Gasteiger partial charge < -0.3 is 5.21 Å². The van der Waals surface area contributed by atoms with Crippen LogP contribution in [0, 0.1) is 5.21 Å². The van der Waals surface area contributed by atoms with Gasteiger partial charge >= 0.3 is 0 Å². The van der Waals surface area contributed by atoms with Crippen LogP contribution in [0.2, 0.25) is 0 Å². The maximum Gasteiger partial charge on any atom is 0.181 e. The number of benzene rings is 2. The third-order valence-corrected chi connectivity index (χ3v) is 2.10. The minimum absolute atomic E-state index is 0.810. The Bertz CT molecular complexity index is 484. The molecule has 0 saturated heterocycles. The lowest BCUT2D eigenvalue weighted by atomic mass is 10.1. The standard InChI is InChI=1S/C12H11NO/c1-13(14)9-10-6-7-11-4-2-3-5-12(11)8-10/h2-9H,1H3/b13-9-. The smallest absolute Gasteiger partial charge is 0.181 e. The van der Waals surface area contributed by atoms with E-state index in [4.69, 9.17) is 0 Å². The number of hydrogen-bond acceptors (Lipinski definition) is 1. The molecule has 2 aromatic carbocycles. The lowest BCUT2D eigenvalue weighted by molar-refractivity contribution is -0.416. The molecule has 2 rings (SSSR count). The van der Waals surface area contributed by atoms with E-state index in [1.165, 1.54) is 12.4 Å². The molecule has 0 radical (unpaired) electrons. The fourth-order valence-corrected chi connectivity index (χ4v) is 1.50. The van der Waals surface area contributed by atoms with Gasteiger partial charge in [0, 0.05) is 5.56 Å². The summed E-state index contributed by atoms with van der Waals surface area (Å²) in [6.45, 7) is 0. The number of fused-ring (bicyclic) bond motifs is 1. The maximum atomic E-state index is 10.8. The lowest BCUT2D eigenvalue weighted by Crippen LogP contribution is -1.96. The highest BCUT2D eigenvalue weighted by molar-refractivity contribution is 5.89. The van der Waals surface area contributed by atoms with Crippen LogP contribution in [0.3, 0.4) is 0 Å². The largest absolute Gasteiger partial charge is 0.624 e. The van der Waals surface area contributed by atoms with Crippen LogP contribution in [0.15, 0.2) is 42.5 Å². The number of rotatable bonds is 1. The van der Waals surface area contributed by atoms with Crippen molar-refractivity contribution in [3.63, 3.8) is 0 Å². The van der Waals surface area contributed by atoms with Crippen molar-refractivity contribution in [2.24, 2.45) is 0 Å². The van der Waals surface area contributed by atoms with Crippen molar-refractivity contribution in [1.29, 1.82) is 0 Å². The second-order valence-corrected chi connectivity index (χ2v) is 3.28. The van der Waals surface area contributed by atoms with Crippen molar-refractivity contribution >= 4 is 17.0 Å². The topological polar surface area (TPSA) is 26.1 Å². The Morgan fingerprint density at radius 2 is 1.79 bits per heavy atom. The van der Waals surface area contributed by atoms with E-state index in [0.29, 0.717) is 0 Å². The minimum Gasteiger partial charge on any atom is -0.624 e. The fraction of sp³-hybridized carbons (Fsp3) is 0.0833. The highest BCUT2D eigenvalue weighted by atomic mass is 16.5. The van der Waals surface area contributed by atoms with Crippen LogP contribution in [0.4, 0.5) is 0 Å². The van der Waals surface area contributed by atoms with Crippen LogP contribution in [-0.2, 0) is 0 Å². The van der Waals surface area contributed by atoms with Crippen molar-refractivity contribution in [2.45, 2.75) is 0 Å². The quantitative estimate of drug-likeness (QED) is 0.290. The molecule has 2 aromatic rings. The van der Waals surface area contributed by atoms with E-state index in [1.807, 2.05) is 36.4 Å². The van der Waals surface area contributed by atoms with E-state index in [2.05, 4.69) is 6.07 Å². The molecule has 0 aliphatic heterocycles. The van der Waals surface area contributed by atoms with Gasteiger partial charge in [0.15, 0.2) is 6.21 Å². The average Bonchev–Trinajstić information content (AvgIpc) is 2.17. The van der Waals surface area contributed by atoms with Gasteiger partial charge in [-0.25, -0.2) is 4.74 Å². The van der Waals surface area contributed by atoms with Crippen molar-refractivity contribution in [3.8, 4) is 0 Å². The van der Waals surface area contributed by atoms with Crippen molar-refractivity contribution in [1.82, 2.24) is 0 Å².